The number of amides is 1. The molecule has 1 amide bonds. The molecule has 20 heavy (non-hydrogen) atoms. The highest BCUT2D eigenvalue weighted by Crippen LogP contribution is 2.57. The summed E-state index contributed by atoms with van der Waals surface area (Å²) in [5, 5.41) is 0. The Labute approximate surface area is 122 Å². The average Bonchev–Trinajstić information content (AvgIpc) is 2.78. The molecule has 1 aliphatic heterocycles. The fraction of sp³-hybridized carbons (Fsp3) is 0.941. The summed E-state index contributed by atoms with van der Waals surface area (Å²) >= 11 is 0. The second kappa shape index (κ2) is 4.72. The number of hydrogen-bond acceptors (Lipinski definition) is 2. The molecule has 0 spiro atoms. The van der Waals surface area contributed by atoms with Crippen LogP contribution in [0.25, 0.3) is 0 Å². The number of nitrogens with two attached hydrogens (primary N) is 1. The lowest BCUT2D eigenvalue weighted by Crippen LogP contribution is -2.52. The Kier molecular flexibility index (Phi) is 3.10. The Bertz CT molecular complexity index is 380. The van der Waals surface area contributed by atoms with Crippen LogP contribution in [0.3, 0.4) is 0 Å². The van der Waals surface area contributed by atoms with Gasteiger partial charge in [0.1, 0.15) is 0 Å². The zero-order valence-corrected chi connectivity index (χ0v) is 12.6. The summed E-state index contributed by atoms with van der Waals surface area (Å²) < 4.78 is 0. The van der Waals surface area contributed by atoms with E-state index in [-0.39, 0.29) is 0 Å². The van der Waals surface area contributed by atoms with Gasteiger partial charge in [-0.1, -0.05) is 0 Å². The van der Waals surface area contributed by atoms with E-state index in [0.717, 1.165) is 31.3 Å². The van der Waals surface area contributed by atoms with Gasteiger partial charge in [-0.2, -0.15) is 0 Å². The summed E-state index contributed by atoms with van der Waals surface area (Å²) in [6.07, 6.45) is 7.93. The lowest BCUT2D eigenvalue weighted by molar-refractivity contribution is -0.149. The zero-order valence-electron chi connectivity index (χ0n) is 12.6. The molecule has 0 aromatic rings. The maximum absolute atomic E-state index is 13.1. The molecule has 2 atom stereocenters. The van der Waals surface area contributed by atoms with Crippen LogP contribution in [0.15, 0.2) is 0 Å². The van der Waals surface area contributed by atoms with Crippen molar-refractivity contribution in [3.8, 4) is 0 Å². The molecule has 3 heteroatoms. The van der Waals surface area contributed by atoms with E-state index in [9.17, 15) is 4.79 Å². The molecule has 1 heterocycles. The van der Waals surface area contributed by atoms with Gasteiger partial charge in [0, 0.05) is 18.5 Å². The Hall–Kier alpha value is -0.570. The predicted octanol–water partition coefficient (Wildman–Crippen LogP) is 2.25. The van der Waals surface area contributed by atoms with Crippen molar-refractivity contribution in [2.45, 2.75) is 51.5 Å². The van der Waals surface area contributed by atoms with Gasteiger partial charge >= 0.3 is 0 Å². The Balaban J connectivity index is 1.51. The monoisotopic (exact) mass is 276 g/mol. The average molecular weight is 276 g/mol. The molecule has 1 saturated heterocycles. The van der Waals surface area contributed by atoms with Crippen LogP contribution in [0.4, 0.5) is 0 Å². The van der Waals surface area contributed by atoms with Gasteiger partial charge in [0.05, 0.1) is 0 Å². The molecule has 5 rings (SSSR count). The normalized spacial score (nSPS) is 49.9. The van der Waals surface area contributed by atoms with Crippen molar-refractivity contribution in [3.05, 3.63) is 0 Å². The lowest BCUT2D eigenvalue weighted by Gasteiger charge is -2.54. The molecule has 4 bridgehead atoms. The first-order valence-electron chi connectivity index (χ1n) is 8.66. The van der Waals surface area contributed by atoms with Crippen molar-refractivity contribution >= 4 is 5.91 Å². The summed E-state index contributed by atoms with van der Waals surface area (Å²) in [6.45, 7) is 3.86. The first kappa shape index (κ1) is 13.1. The number of likely N-dealkylation sites (tertiary alicyclic amines) is 1. The summed E-state index contributed by atoms with van der Waals surface area (Å²) in [5.74, 6) is 4.71. The van der Waals surface area contributed by atoms with Crippen molar-refractivity contribution in [3.63, 3.8) is 0 Å². The van der Waals surface area contributed by atoms with Crippen LogP contribution in [0.5, 0.6) is 0 Å². The summed E-state index contributed by atoms with van der Waals surface area (Å²) in [6, 6.07) is 0.410. The molecule has 5 fully saturated rings. The molecule has 112 valence electrons. The van der Waals surface area contributed by atoms with Gasteiger partial charge in [0.2, 0.25) is 5.91 Å². The van der Waals surface area contributed by atoms with E-state index in [2.05, 4.69) is 11.8 Å². The Morgan fingerprint density at radius 1 is 1.05 bits per heavy atom. The van der Waals surface area contributed by atoms with E-state index in [1.807, 2.05) is 0 Å². The fourth-order valence-electron chi connectivity index (χ4n) is 6.14. The van der Waals surface area contributed by atoms with Crippen LogP contribution in [-0.2, 0) is 4.79 Å². The van der Waals surface area contributed by atoms with Gasteiger partial charge in [-0.3, -0.25) is 4.79 Å². The van der Waals surface area contributed by atoms with E-state index in [0.29, 0.717) is 35.6 Å². The molecule has 0 aromatic carbocycles. The molecule has 0 aromatic heterocycles. The molecule has 2 N–H and O–H groups in total. The second-order valence-electron chi connectivity index (χ2n) is 8.13. The highest BCUT2D eigenvalue weighted by atomic mass is 16.2. The van der Waals surface area contributed by atoms with Crippen LogP contribution >= 0.6 is 0 Å². The molecule has 2 unspecified atom stereocenters. The summed E-state index contributed by atoms with van der Waals surface area (Å²) in [7, 11) is 0. The molecule has 3 nitrogen and oxygen atoms in total. The van der Waals surface area contributed by atoms with Crippen LogP contribution in [-0.4, -0.2) is 29.9 Å². The Morgan fingerprint density at radius 2 is 1.65 bits per heavy atom. The standard InChI is InChI=1S/C17H28N2O/c1-10-2-13(8-18)9-19(10)17(20)16-14-4-11-3-12(6-14)7-15(16)5-11/h10-16H,2-9,18H2,1H3. The second-order valence-corrected chi connectivity index (χ2v) is 8.13. The molecular formula is C17H28N2O. The minimum atomic E-state index is 0.363. The van der Waals surface area contributed by atoms with Crippen molar-refractivity contribution in [1.29, 1.82) is 0 Å². The van der Waals surface area contributed by atoms with Crippen molar-refractivity contribution in [2.75, 3.05) is 13.1 Å². The zero-order chi connectivity index (χ0) is 13.9. The highest BCUT2D eigenvalue weighted by molar-refractivity contribution is 5.80. The van der Waals surface area contributed by atoms with Gasteiger partial charge in [-0.05, 0) is 81.6 Å². The largest absolute Gasteiger partial charge is 0.339 e. The first-order valence-corrected chi connectivity index (χ1v) is 8.66. The molecule has 5 aliphatic rings. The maximum atomic E-state index is 13.1. The number of carbonyl (C=O) groups excluding carboxylic acids is 1. The van der Waals surface area contributed by atoms with Gasteiger partial charge in [-0.25, -0.2) is 0 Å². The van der Waals surface area contributed by atoms with Crippen molar-refractivity contribution in [1.82, 2.24) is 4.90 Å². The van der Waals surface area contributed by atoms with E-state index in [1.165, 1.54) is 32.1 Å². The predicted molar refractivity (Wildman–Crippen MR) is 78.9 cm³/mol. The van der Waals surface area contributed by atoms with Gasteiger partial charge in [0.25, 0.3) is 0 Å². The van der Waals surface area contributed by atoms with Crippen LogP contribution in [0.1, 0.15) is 45.4 Å². The third-order valence-corrected chi connectivity index (χ3v) is 6.79. The number of carbonyl (C=O) groups is 1. The van der Waals surface area contributed by atoms with Gasteiger partial charge in [-0.15, -0.1) is 0 Å². The van der Waals surface area contributed by atoms with Crippen molar-refractivity contribution < 1.29 is 4.79 Å². The smallest absolute Gasteiger partial charge is 0.226 e. The van der Waals surface area contributed by atoms with Crippen LogP contribution < -0.4 is 5.73 Å². The quantitative estimate of drug-likeness (QED) is 0.841. The molecular weight excluding hydrogens is 248 g/mol. The van der Waals surface area contributed by atoms with Gasteiger partial charge < -0.3 is 10.6 Å². The van der Waals surface area contributed by atoms with Crippen molar-refractivity contribution in [2.24, 2.45) is 41.2 Å². The minimum Gasteiger partial charge on any atom is -0.339 e. The molecule has 0 radical (unpaired) electrons. The highest BCUT2D eigenvalue weighted by Gasteiger charge is 2.52. The van der Waals surface area contributed by atoms with E-state index < -0.39 is 0 Å². The first-order chi connectivity index (χ1) is 9.65. The number of rotatable bonds is 2. The fourth-order valence-corrected chi connectivity index (χ4v) is 6.14. The number of nitrogens with zero attached hydrogens (tertiary/aromatic N) is 1. The number of hydrogen-bond donors (Lipinski definition) is 1. The lowest BCUT2D eigenvalue weighted by atomic mass is 9.51. The third kappa shape index (κ3) is 1.93. The maximum Gasteiger partial charge on any atom is 0.226 e. The molecule has 4 saturated carbocycles. The van der Waals surface area contributed by atoms with Crippen LogP contribution in [0.2, 0.25) is 0 Å². The molecule has 4 aliphatic carbocycles. The van der Waals surface area contributed by atoms with E-state index in [1.54, 1.807) is 0 Å². The Morgan fingerprint density at radius 3 is 2.15 bits per heavy atom. The van der Waals surface area contributed by atoms with E-state index >= 15 is 0 Å². The summed E-state index contributed by atoms with van der Waals surface area (Å²) in [4.78, 5) is 15.3. The van der Waals surface area contributed by atoms with E-state index in [4.69, 9.17) is 5.73 Å². The topological polar surface area (TPSA) is 46.3 Å². The third-order valence-electron chi connectivity index (χ3n) is 6.79. The summed E-state index contributed by atoms with van der Waals surface area (Å²) in [5.41, 5.74) is 5.81. The van der Waals surface area contributed by atoms with Gasteiger partial charge in [0.15, 0.2) is 0 Å². The van der Waals surface area contributed by atoms with Crippen LogP contribution in [0, 0.1) is 35.5 Å². The minimum absolute atomic E-state index is 0.363. The SMILES string of the molecule is CC1CC(CN)CN1C(=O)C1C2CC3CC(C2)CC1C3.